The minimum atomic E-state index is -1.14. The van der Waals surface area contributed by atoms with E-state index < -0.39 is 11.9 Å². The number of nitrogens with one attached hydrogen (secondary N) is 1. The molecule has 0 fully saturated rings. The number of ether oxygens (including phenoxy) is 2. The van der Waals surface area contributed by atoms with E-state index in [1.54, 1.807) is 0 Å². The van der Waals surface area contributed by atoms with Crippen LogP contribution < -0.4 is 14.8 Å². The highest BCUT2D eigenvalue weighted by Crippen LogP contribution is 2.39. The maximum absolute atomic E-state index is 11.9. The van der Waals surface area contributed by atoms with Gasteiger partial charge in [0.1, 0.15) is 0 Å². The van der Waals surface area contributed by atoms with Crippen molar-refractivity contribution in [2.45, 2.75) is 13.8 Å². The summed E-state index contributed by atoms with van der Waals surface area (Å²) in [6.45, 7) is 2.89. The van der Waals surface area contributed by atoms with Gasteiger partial charge in [0, 0.05) is 23.3 Å². The van der Waals surface area contributed by atoms with Gasteiger partial charge in [-0.25, -0.2) is 4.79 Å². The second-order valence-corrected chi connectivity index (χ2v) is 4.60. The molecule has 1 aliphatic heterocycles. The zero-order chi connectivity index (χ0) is 14.9. The quantitative estimate of drug-likeness (QED) is 0.837. The van der Waals surface area contributed by atoms with Crippen molar-refractivity contribution in [3.8, 4) is 11.5 Å². The maximum Gasteiger partial charge on any atom is 0.331 e. The fourth-order valence-corrected chi connectivity index (χ4v) is 1.76. The molecule has 0 unspecified atom stereocenters. The molecular formula is C13H12ClNO5. The van der Waals surface area contributed by atoms with Crippen LogP contribution in [0, 0.1) is 0 Å². The molecule has 106 valence electrons. The first-order chi connectivity index (χ1) is 9.40. The lowest BCUT2D eigenvalue weighted by Crippen LogP contribution is -2.16. The number of fused-ring (bicyclic) bond motifs is 1. The number of aliphatic carboxylic acids is 1. The average Bonchev–Trinajstić information content (AvgIpc) is 2.84. The second kappa shape index (κ2) is 5.42. The highest BCUT2D eigenvalue weighted by Gasteiger charge is 2.19. The van der Waals surface area contributed by atoms with Crippen molar-refractivity contribution in [1.82, 2.24) is 0 Å². The van der Waals surface area contributed by atoms with Gasteiger partial charge in [-0.15, -0.1) is 0 Å². The molecule has 0 saturated carbocycles. The van der Waals surface area contributed by atoms with E-state index in [2.05, 4.69) is 5.32 Å². The van der Waals surface area contributed by atoms with Crippen LogP contribution in [0.25, 0.3) is 0 Å². The molecule has 0 aromatic heterocycles. The van der Waals surface area contributed by atoms with E-state index in [4.69, 9.17) is 26.2 Å². The number of halogens is 1. The molecule has 0 bridgehead atoms. The number of rotatable bonds is 3. The van der Waals surface area contributed by atoms with Crippen LogP contribution in [0.2, 0.25) is 5.02 Å². The minimum Gasteiger partial charge on any atom is -0.478 e. The first-order valence-electron chi connectivity index (χ1n) is 5.71. The van der Waals surface area contributed by atoms with Gasteiger partial charge in [0.2, 0.25) is 6.79 Å². The normalized spacial score (nSPS) is 13.8. The van der Waals surface area contributed by atoms with Gasteiger partial charge in [-0.1, -0.05) is 11.6 Å². The molecule has 0 atom stereocenters. The topological polar surface area (TPSA) is 84.9 Å². The highest BCUT2D eigenvalue weighted by molar-refractivity contribution is 6.34. The third kappa shape index (κ3) is 2.70. The van der Waals surface area contributed by atoms with Gasteiger partial charge in [-0.05, 0) is 13.8 Å². The Bertz CT molecular complexity index is 623. The number of benzene rings is 1. The molecule has 1 heterocycles. The van der Waals surface area contributed by atoms with Crippen LogP contribution in [-0.4, -0.2) is 23.8 Å². The van der Waals surface area contributed by atoms with Crippen molar-refractivity contribution in [2.24, 2.45) is 0 Å². The van der Waals surface area contributed by atoms with E-state index >= 15 is 0 Å². The summed E-state index contributed by atoms with van der Waals surface area (Å²) in [7, 11) is 0. The number of hydrogen-bond donors (Lipinski definition) is 2. The average molecular weight is 298 g/mol. The Morgan fingerprint density at radius 3 is 2.40 bits per heavy atom. The third-order valence-electron chi connectivity index (χ3n) is 2.93. The lowest BCUT2D eigenvalue weighted by molar-refractivity contribution is -0.133. The predicted molar refractivity (Wildman–Crippen MR) is 72.2 cm³/mol. The van der Waals surface area contributed by atoms with E-state index in [1.807, 2.05) is 0 Å². The lowest BCUT2D eigenvalue weighted by Gasteiger charge is -2.09. The number of carboxylic acid groups (broad SMARTS) is 1. The van der Waals surface area contributed by atoms with Crippen molar-refractivity contribution in [1.29, 1.82) is 0 Å². The van der Waals surface area contributed by atoms with Crippen molar-refractivity contribution in [3.05, 3.63) is 28.3 Å². The van der Waals surface area contributed by atoms with Gasteiger partial charge in [-0.3, -0.25) is 4.79 Å². The molecule has 1 aliphatic rings. The van der Waals surface area contributed by atoms with Gasteiger partial charge < -0.3 is 19.9 Å². The number of hydrogen-bond acceptors (Lipinski definition) is 4. The smallest absolute Gasteiger partial charge is 0.331 e. The summed E-state index contributed by atoms with van der Waals surface area (Å²) in [4.78, 5) is 22.8. The van der Waals surface area contributed by atoms with Crippen LogP contribution in [0.5, 0.6) is 11.5 Å². The van der Waals surface area contributed by atoms with Gasteiger partial charge in [0.15, 0.2) is 11.5 Å². The first kappa shape index (κ1) is 14.2. The summed E-state index contributed by atoms with van der Waals surface area (Å²) in [5, 5.41) is 11.7. The molecule has 1 aromatic rings. The van der Waals surface area contributed by atoms with E-state index in [9.17, 15) is 9.59 Å². The Morgan fingerprint density at radius 1 is 1.20 bits per heavy atom. The number of carbonyl (C=O) groups excluding carboxylic acids is 1. The number of carbonyl (C=O) groups is 2. The van der Waals surface area contributed by atoms with E-state index in [0.29, 0.717) is 17.2 Å². The van der Waals surface area contributed by atoms with E-state index in [-0.39, 0.29) is 23.0 Å². The second-order valence-electron chi connectivity index (χ2n) is 4.19. The zero-order valence-corrected chi connectivity index (χ0v) is 11.6. The summed E-state index contributed by atoms with van der Waals surface area (Å²) in [6.07, 6.45) is 0. The number of amides is 1. The van der Waals surface area contributed by atoms with Gasteiger partial charge >= 0.3 is 5.97 Å². The summed E-state index contributed by atoms with van der Waals surface area (Å²) >= 11 is 6.02. The Labute approximate surface area is 119 Å². The monoisotopic (exact) mass is 297 g/mol. The lowest BCUT2D eigenvalue weighted by atomic mass is 10.1. The fourth-order valence-electron chi connectivity index (χ4n) is 1.56. The molecule has 6 nitrogen and oxygen atoms in total. The predicted octanol–water partition coefficient (Wildman–Crippen LogP) is 2.43. The van der Waals surface area contributed by atoms with Crippen LogP contribution in [-0.2, 0) is 9.59 Å². The van der Waals surface area contributed by atoms with Crippen molar-refractivity contribution in [2.75, 3.05) is 12.1 Å². The molecule has 0 saturated heterocycles. The number of carboxylic acids is 1. The minimum absolute atomic E-state index is 0.0284. The molecule has 20 heavy (non-hydrogen) atoms. The molecule has 2 N–H and O–H groups in total. The first-order valence-corrected chi connectivity index (χ1v) is 6.09. The Kier molecular flexibility index (Phi) is 3.85. The van der Waals surface area contributed by atoms with Crippen LogP contribution in [0.4, 0.5) is 5.69 Å². The molecule has 7 heteroatoms. The van der Waals surface area contributed by atoms with E-state index in [0.717, 1.165) is 0 Å². The van der Waals surface area contributed by atoms with Crippen LogP contribution in [0.15, 0.2) is 23.3 Å². The molecule has 2 rings (SSSR count). The SMILES string of the molecule is CC(C(=O)O)=C(C)C(=O)Nc1cc2c(cc1Cl)OCO2. The van der Waals surface area contributed by atoms with Crippen molar-refractivity contribution < 1.29 is 24.2 Å². The molecule has 1 aromatic carbocycles. The highest BCUT2D eigenvalue weighted by atomic mass is 35.5. The zero-order valence-electron chi connectivity index (χ0n) is 10.8. The number of anilines is 1. The van der Waals surface area contributed by atoms with E-state index in [1.165, 1.54) is 26.0 Å². The van der Waals surface area contributed by atoms with Gasteiger partial charge in [0.25, 0.3) is 5.91 Å². The standard InChI is InChI=1S/C13H12ClNO5/c1-6(7(2)13(17)18)12(16)15-9-4-11-10(3-8(9)14)19-5-20-11/h3-4H,5H2,1-2H3,(H,15,16)(H,17,18). The molecule has 1 amide bonds. The van der Waals surface area contributed by atoms with Crippen LogP contribution in [0.3, 0.4) is 0 Å². The molecule has 0 radical (unpaired) electrons. The van der Waals surface area contributed by atoms with Gasteiger partial charge in [0.05, 0.1) is 10.7 Å². The fraction of sp³-hybridized carbons (Fsp3) is 0.231. The third-order valence-corrected chi connectivity index (χ3v) is 3.25. The van der Waals surface area contributed by atoms with Crippen molar-refractivity contribution >= 4 is 29.2 Å². The Hall–Kier alpha value is -2.21. The summed E-state index contributed by atoms with van der Waals surface area (Å²) in [5.41, 5.74) is 0.407. The summed E-state index contributed by atoms with van der Waals surface area (Å²) in [6, 6.07) is 3.06. The maximum atomic E-state index is 11.9. The largest absolute Gasteiger partial charge is 0.478 e. The molecular weight excluding hydrogens is 286 g/mol. The Balaban J connectivity index is 2.25. The Morgan fingerprint density at radius 2 is 1.80 bits per heavy atom. The molecule has 0 aliphatic carbocycles. The van der Waals surface area contributed by atoms with Crippen molar-refractivity contribution in [3.63, 3.8) is 0 Å². The molecule has 0 spiro atoms. The van der Waals surface area contributed by atoms with Crippen LogP contribution in [0.1, 0.15) is 13.8 Å². The van der Waals surface area contributed by atoms with Crippen LogP contribution >= 0.6 is 11.6 Å². The van der Waals surface area contributed by atoms with Gasteiger partial charge in [-0.2, -0.15) is 0 Å². The summed E-state index contributed by atoms with van der Waals surface area (Å²) < 4.78 is 10.3. The summed E-state index contributed by atoms with van der Waals surface area (Å²) in [5.74, 6) is -0.705.